The van der Waals surface area contributed by atoms with Crippen LogP contribution in [0, 0.1) is 5.82 Å². The number of hydrogen-bond donors (Lipinski definition) is 2. The number of anilines is 1. The largest absolute Gasteiger partial charge is 0.505 e. The molecule has 1 amide bonds. The summed E-state index contributed by atoms with van der Waals surface area (Å²) < 4.78 is 13.0. The smallest absolute Gasteiger partial charge is 0.228 e. The number of benzene rings is 2. The number of carbonyl (C=O) groups excluding carboxylic acids is 1. The van der Waals surface area contributed by atoms with E-state index >= 15 is 0 Å². The third kappa shape index (κ3) is 3.62. The summed E-state index contributed by atoms with van der Waals surface area (Å²) in [6.07, 6.45) is 0.0217. The average Bonchev–Trinajstić information content (AvgIpc) is 2.35. The zero-order chi connectivity index (χ0) is 14.7. The first-order valence-corrected chi connectivity index (χ1v) is 6.43. The molecule has 2 rings (SSSR count). The first-order valence-electron chi connectivity index (χ1n) is 5.68. The molecule has 20 heavy (non-hydrogen) atoms. The van der Waals surface area contributed by atoms with Crippen LogP contribution in [0.2, 0.25) is 10.0 Å². The lowest BCUT2D eigenvalue weighted by atomic mass is 10.1. The van der Waals surface area contributed by atoms with Crippen LogP contribution in [0.15, 0.2) is 36.4 Å². The fourth-order valence-electron chi connectivity index (χ4n) is 1.68. The summed E-state index contributed by atoms with van der Waals surface area (Å²) in [5, 5.41) is 12.1. The van der Waals surface area contributed by atoms with Gasteiger partial charge >= 0.3 is 0 Å². The first kappa shape index (κ1) is 14.6. The quantitative estimate of drug-likeness (QED) is 0.841. The van der Waals surface area contributed by atoms with Crippen LogP contribution in [0.1, 0.15) is 5.56 Å². The predicted molar refractivity (Wildman–Crippen MR) is 76.9 cm³/mol. The second-order valence-electron chi connectivity index (χ2n) is 4.14. The monoisotopic (exact) mass is 313 g/mol. The molecular formula is C14H10Cl2FNO2. The lowest BCUT2D eigenvalue weighted by Gasteiger charge is -2.08. The molecule has 0 aliphatic carbocycles. The van der Waals surface area contributed by atoms with Gasteiger partial charge in [0.05, 0.1) is 16.5 Å². The zero-order valence-electron chi connectivity index (χ0n) is 10.2. The molecule has 0 radical (unpaired) electrons. The van der Waals surface area contributed by atoms with Crippen LogP contribution >= 0.6 is 23.2 Å². The minimum Gasteiger partial charge on any atom is -0.505 e. The van der Waals surface area contributed by atoms with Gasteiger partial charge in [0.25, 0.3) is 0 Å². The molecular weight excluding hydrogens is 304 g/mol. The Balaban J connectivity index is 2.09. The Bertz CT molecular complexity index is 638. The van der Waals surface area contributed by atoms with Crippen molar-refractivity contribution in [3.05, 3.63) is 57.8 Å². The second-order valence-corrected chi connectivity index (χ2v) is 4.96. The summed E-state index contributed by atoms with van der Waals surface area (Å²) in [4.78, 5) is 11.8. The molecule has 2 aromatic carbocycles. The van der Waals surface area contributed by atoms with E-state index in [0.717, 1.165) is 0 Å². The Morgan fingerprint density at radius 3 is 2.45 bits per heavy atom. The van der Waals surface area contributed by atoms with Gasteiger partial charge in [-0.1, -0.05) is 35.3 Å². The molecule has 104 valence electrons. The van der Waals surface area contributed by atoms with Crippen molar-refractivity contribution in [1.29, 1.82) is 0 Å². The summed E-state index contributed by atoms with van der Waals surface area (Å²) in [6, 6.07) is 8.54. The van der Waals surface area contributed by atoms with Crippen LogP contribution in [0.25, 0.3) is 0 Å². The molecule has 2 aromatic rings. The van der Waals surface area contributed by atoms with Crippen molar-refractivity contribution in [1.82, 2.24) is 0 Å². The van der Waals surface area contributed by atoms with Gasteiger partial charge in [0.2, 0.25) is 5.91 Å². The molecule has 0 saturated carbocycles. The summed E-state index contributed by atoms with van der Waals surface area (Å²) in [7, 11) is 0. The molecule has 0 spiro atoms. The van der Waals surface area contributed by atoms with E-state index in [4.69, 9.17) is 23.2 Å². The van der Waals surface area contributed by atoms with Gasteiger partial charge in [-0.15, -0.1) is 0 Å². The van der Waals surface area contributed by atoms with Crippen LogP contribution in [0.5, 0.6) is 5.75 Å². The van der Waals surface area contributed by atoms with Gasteiger partial charge in [0, 0.05) is 5.69 Å². The highest BCUT2D eigenvalue weighted by Gasteiger charge is 2.10. The lowest BCUT2D eigenvalue weighted by Crippen LogP contribution is -2.14. The minimum atomic E-state index is -0.397. The fraction of sp³-hybridized carbons (Fsp3) is 0.0714. The Morgan fingerprint density at radius 1 is 1.20 bits per heavy atom. The van der Waals surface area contributed by atoms with Gasteiger partial charge in [-0.2, -0.15) is 0 Å². The van der Waals surface area contributed by atoms with Gasteiger partial charge in [-0.05, 0) is 29.8 Å². The summed E-state index contributed by atoms with van der Waals surface area (Å²) in [5.41, 5.74) is 0.915. The van der Waals surface area contributed by atoms with Crippen molar-refractivity contribution in [2.24, 2.45) is 0 Å². The molecule has 3 nitrogen and oxygen atoms in total. The Morgan fingerprint density at radius 2 is 1.85 bits per heavy atom. The van der Waals surface area contributed by atoms with E-state index in [0.29, 0.717) is 11.3 Å². The Labute approximate surface area is 124 Å². The SMILES string of the molecule is O=C(Cc1cccc(F)c1)Nc1cc(Cl)c(O)c(Cl)c1. The summed E-state index contributed by atoms with van der Waals surface area (Å²) >= 11 is 11.5. The van der Waals surface area contributed by atoms with Crippen LogP contribution in [-0.2, 0) is 11.2 Å². The van der Waals surface area contributed by atoms with Gasteiger partial charge in [-0.3, -0.25) is 4.79 Å². The third-order valence-electron chi connectivity index (χ3n) is 2.55. The molecule has 2 N–H and O–H groups in total. The standard InChI is InChI=1S/C14H10Cl2FNO2/c15-11-6-10(7-12(16)14(11)20)18-13(19)5-8-2-1-3-9(17)4-8/h1-4,6-7,20H,5H2,(H,18,19). The number of phenolic OH excluding ortho intramolecular Hbond substituents is 1. The fourth-order valence-corrected chi connectivity index (χ4v) is 2.16. The highest BCUT2D eigenvalue weighted by molar-refractivity contribution is 6.37. The van der Waals surface area contributed by atoms with Gasteiger partial charge in [0.1, 0.15) is 5.82 Å². The zero-order valence-corrected chi connectivity index (χ0v) is 11.7. The van der Waals surface area contributed by atoms with Gasteiger partial charge < -0.3 is 10.4 Å². The molecule has 0 atom stereocenters. The van der Waals surface area contributed by atoms with Crippen molar-refractivity contribution in [2.75, 3.05) is 5.32 Å². The number of nitrogens with one attached hydrogen (secondary N) is 1. The molecule has 0 aliphatic rings. The second kappa shape index (κ2) is 6.11. The molecule has 0 unspecified atom stereocenters. The summed E-state index contributed by atoms with van der Waals surface area (Å²) in [5.74, 6) is -0.976. The van der Waals surface area contributed by atoms with Crippen molar-refractivity contribution in [3.8, 4) is 5.75 Å². The van der Waals surface area contributed by atoms with Crippen LogP contribution < -0.4 is 5.32 Å². The maximum absolute atomic E-state index is 13.0. The van der Waals surface area contributed by atoms with E-state index < -0.39 is 5.82 Å². The van der Waals surface area contributed by atoms with E-state index in [9.17, 15) is 14.3 Å². The van der Waals surface area contributed by atoms with Crippen molar-refractivity contribution in [2.45, 2.75) is 6.42 Å². The normalized spacial score (nSPS) is 10.3. The van der Waals surface area contributed by atoms with Crippen LogP contribution in [0.3, 0.4) is 0 Å². The Kier molecular flexibility index (Phi) is 4.47. The number of carbonyl (C=O) groups is 1. The minimum absolute atomic E-state index is 0.0217. The number of phenols is 1. The van der Waals surface area contributed by atoms with E-state index in [1.807, 2.05) is 0 Å². The summed E-state index contributed by atoms with van der Waals surface area (Å²) in [6.45, 7) is 0. The molecule has 0 heterocycles. The molecule has 0 aromatic heterocycles. The molecule has 6 heteroatoms. The van der Waals surface area contributed by atoms with E-state index in [-0.39, 0.29) is 28.1 Å². The molecule has 0 bridgehead atoms. The lowest BCUT2D eigenvalue weighted by molar-refractivity contribution is -0.115. The maximum atomic E-state index is 13.0. The van der Waals surface area contributed by atoms with Crippen LogP contribution in [-0.4, -0.2) is 11.0 Å². The maximum Gasteiger partial charge on any atom is 0.228 e. The van der Waals surface area contributed by atoms with E-state index in [2.05, 4.69) is 5.32 Å². The van der Waals surface area contributed by atoms with Crippen LogP contribution in [0.4, 0.5) is 10.1 Å². The number of rotatable bonds is 3. The highest BCUT2D eigenvalue weighted by atomic mass is 35.5. The average molecular weight is 314 g/mol. The van der Waals surface area contributed by atoms with Crippen molar-refractivity contribution in [3.63, 3.8) is 0 Å². The van der Waals surface area contributed by atoms with Crippen molar-refractivity contribution >= 4 is 34.8 Å². The van der Waals surface area contributed by atoms with Gasteiger partial charge in [-0.25, -0.2) is 4.39 Å². The number of hydrogen-bond acceptors (Lipinski definition) is 2. The molecule has 0 aliphatic heterocycles. The van der Waals surface area contributed by atoms with Crippen molar-refractivity contribution < 1.29 is 14.3 Å². The third-order valence-corrected chi connectivity index (χ3v) is 3.13. The number of halogens is 3. The predicted octanol–water partition coefficient (Wildman–Crippen LogP) is 4.02. The number of aromatic hydroxyl groups is 1. The van der Waals surface area contributed by atoms with E-state index in [1.165, 1.54) is 30.3 Å². The highest BCUT2D eigenvalue weighted by Crippen LogP contribution is 2.34. The Hall–Kier alpha value is -1.78. The number of amides is 1. The topological polar surface area (TPSA) is 49.3 Å². The van der Waals surface area contributed by atoms with Gasteiger partial charge in [0.15, 0.2) is 5.75 Å². The first-order chi connectivity index (χ1) is 9.45. The molecule has 0 saturated heterocycles. The molecule has 0 fully saturated rings. The van der Waals surface area contributed by atoms with E-state index in [1.54, 1.807) is 6.07 Å².